The molecule has 126 valence electrons. The van der Waals surface area contributed by atoms with Crippen molar-refractivity contribution >= 4 is 23.2 Å². The zero-order valence-electron chi connectivity index (χ0n) is 14.2. The number of benzene rings is 1. The lowest BCUT2D eigenvalue weighted by molar-refractivity contribution is -0.120. The lowest BCUT2D eigenvalue weighted by Gasteiger charge is -2.35. The van der Waals surface area contributed by atoms with E-state index in [1.807, 2.05) is 29.2 Å². The fraction of sp³-hybridized carbons (Fsp3) is 0.556. The van der Waals surface area contributed by atoms with Gasteiger partial charge in [-0.1, -0.05) is 13.8 Å². The van der Waals surface area contributed by atoms with Gasteiger partial charge in [0.25, 0.3) is 0 Å². The monoisotopic (exact) mass is 318 g/mol. The number of amides is 2. The van der Waals surface area contributed by atoms with Gasteiger partial charge < -0.3 is 15.0 Å². The van der Waals surface area contributed by atoms with Gasteiger partial charge in [0, 0.05) is 44.0 Å². The average Bonchev–Trinajstić information content (AvgIpc) is 2.49. The molecule has 0 bridgehead atoms. The highest BCUT2D eigenvalue weighted by atomic mass is 16.5. The summed E-state index contributed by atoms with van der Waals surface area (Å²) in [5.74, 6) is 0.373. The molecule has 5 heteroatoms. The molecule has 0 atom stereocenters. The summed E-state index contributed by atoms with van der Waals surface area (Å²) in [6.45, 7) is 6.98. The van der Waals surface area contributed by atoms with Crippen molar-refractivity contribution in [1.29, 1.82) is 0 Å². The number of carbonyl (C=O) groups is 2. The molecule has 1 aliphatic rings. The first-order chi connectivity index (χ1) is 11.0. The summed E-state index contributed by atoms with van der Waals surface area (Å²) >= 11 is 0. The number of nitrogens with zero attached hydrogens (tertiary/aromatic N) is 1. The van der Waals surface area contributed by atoms with Crippen LogP contribution in [0.3, 0.4) is 0 Å². The summed E-state index contributed by atoms with van der Waals surface area (Å²) in [6.07, 6.45) is 2.25. The van der Waals surface area contributed by atoms with Gasteiger partial charge in [0.15, 0.2) is 0 Å². The summed E-state index contributed by atoms with van der Waals surface area (Å²) in [5.41, 5.74) is 1.63. The van der Waals surface area contributed by atoms with Crippen LogP contribution in [0, 0.1) is 5.92 Å². The Morgan fingerprint density at radius 1 is 1.22 bits per heavy atom. The summed E-state index contributed by atoms with van der Waals surface area (Å²) in [7, 11) is 0. The standard InChI is InChI=1S/C18H26N2O3/c1-13(2)12-18(22)20(17-8-10-23-11-9-17)16-6-4-15(5-7-16)19-14(3)21/h4-7,13,17H,8-12H2,1-3H3,(H,19,21). The highest BCUT2D eigenvalue weighted by Gasteiger charge is 2.27. The summed E-state index contributed by atoms with van der Waals surface area (Å²) in [6, 6.07) is 7.66. The van der Waals surface area contributed by atoms with Gasteiger partial charge in [-0.2, -0.15) is 0 Å². The molecule has 0 radical (unpaired) electrons. The molecular formula is C18H26N2O3. The molecule has 2 amide bonds. The topological polar surface area (TPSA) is 58.6 Å². The van der Waals surface area contributed by atoms with Crippen molar-refractivity contribution in [2.75, 3.05) is 23.4 Å². The first-order valence-electron chi connectivity index (χ1n) is 8.25. The molecule has 1 fully saturated rings. The van der Waals surface area contributed by atoms with E-state index in [1.165, 1.54) is 6.92 Å². The maximum atomic E-state index is 12.7. The van der Waals surface area contributed by atoms with E-state index in [-0.39, 0.29) is 17.9 Å². The van der Waals surface area contributed by atoms with Gasteiger partial charge in [0.2, 0.25) is 11.8 Å². The van der Waals surface area contributed by atoms with Gasteiger partial charge in [-0.05, 0) is 43.0 Å². The minimum Gasteiger partial charge on any atom is -0.381 e. The molecule has 0 aromatic heterocycles. The molecular weight excluding hydrogens is 292 g/mol. The van der Waals surface area contributed by atoms with Crippen molar-refractivity contribution in [3.63, 3.8) is 0 Å². The summed E-state index contributed by atoms with van der Waals surface area (Å²) in [5, 5.41) is 2.75. The Labute approximate surface area is 138 Å². The summed E-state index contributed by atoms with van der Waals surface area (Å²) in [4.78, 5) is 25.8. The average molecular weight is 318 g/mol. The molecule has 23 heavy (non-hydrogen) atoms. The van der Waals surface area contributed by atoms with Crippen LogP contribution < -0.4 is 10.2 Å². The lowest BCUT2D eigenvalue weighted by atomic mass is 10.0. The molecule has 1 heterocycles. The number of carbonyl (C=O) groups excluding carboxylic acids is 2. The van der Waals surface area contributed by atoms with E-state index in [2.05, 4.69) is 19.2 Å². The molecule has 1 N–H and O–H groups in total. The SMILES string of the molecule is CC(=O)Nc1ccc(N(C(=O)CC(C)C)C2CCOCC2)cc1. The highest BCUT2D eigenvalue weighted by molar-refractivity contribution is 5.95. The molecule has 1 saturated heterocycles. The maximum Gasteiger partial charge on any atom is 0.227 e. The zero-order chi connectivity index (χ0) is 16.8. The Morgan fingerprint density at radius 2 is 1.83 bits per heavy atom. The number of ether oxygens (including phenoxy) is 1. The molecule has 0 spiro atoms. The van der Waals surface area contributed by atoms with Crippen LogP contribution in [0.2, 0.25) is 0 Å². The van der Waals surface area contributed by atoms with Gasteiger partial charge in [0.05, 0.1) is 0 Å². The quantitative estimate of drug-likeness (QED) is 0.907. The summed E-state index contributed by atoms with van der Waals surface area (Å²) < 4.78 is 5.42. The number of rotatable bonds is 5. The molecule has 5 nitrogen and oxygen atoms in total. The zero-order valence-corrected chi connectivity index (χ0v) is 14.2. The Morgan fingerprint density at radius 3 is 2.35 bits per heavy atom. The molecule has 1 aliphatic heterocycles. The van der Waals surface area contributed by atoms with Crippen molar-refractivity contribution < 1.29 is 14.3 Å². The van der Waals surface area contributed by atoms with E-state index in [0.29, 0.717) is 25.6 Å². The number of nitrogens with one attached hydrogen (secondary N) is 1. The van der Waals surface area contributed by atoms with Crippen LogP contribution in [-0.2, 0) is 14.3 Å². The molecule has 1 aromatic rings. The van der Waals surface area contributed by atoms with Crippen LogP contribution in [0.25, 0.3) is 0 Å². The Hall–Kier alpha value is -1.88. The molecule has 0 unspecified atom stereocenters. The second-order valence-electron chi connectivity index (χ2n) is 6.43. The second-order valence-corrected chi connectivity index (χ2v) is 6.43. The van der Waals surface area contributed by atoms with Gasteiger partial charge in [-0.25, -0.2) is 0 Å². The van der Waals surface area contributed by atoms with Gasteiger partial charge >= 0.3 is 0 Å². The molecule has 0 saturated carbocycles. The predicted molar refractivity (Wildman–Crippen MR) is 91.5 cm³/mol. The molecule has 2 rings (SSSR count). The van der Waals surface area contributed by atoms with E-state index in [0.717, 1.165) is 24.2 Å². The first kappa shape index (κ1) is 17.5. The third-order valence-electron chi connectivity index (χ3n) is 3.87. The second kappa shape index (κ2) is 8.11. The van der Waals surface area contributed by atoms with Gasteiger partial charge in [0.1, 0.15) is 0 Å². The lowest BCUT2D eigenvalue weighted by Crippen LogP contribution is -2.44. The van der Waals surface area contributed by atoms with Crippen LogP contribution in [0.1, 0.15) is 40.0 Å². The first-order valence-corrected chi connectivity index (χ1v) is 8.25. The minimum absolute atomic E-state index is 0.102. The van der Waals surface area contributed by atoms with Crippen molar-refractivity contribution in [2.24, 2.45) is 5.92 Å². The van der Waals surface area contributed by atoms with E-state index < -0.39 is 0 Å². The number of anilines is 2. The Bertz CT molecular complexity index is 534. The van der Waals surface area contributed by atoms with Crippen LogP contribution in [0.15, 0.2) is 24.3 Å². The molecule has 0 aliphatic carbocycles. The fourth-order valence-electron chi connectivity index (χ4n) is 2.86. The van der Waals surface area contributed by atoms with Crippen molar-refractivity contribution in [3.8, 4) is 0 Å². The fourth-order valence-corrected chi connectivity index (χ4v) is 2.86. The van der Waals surface area contributed by atoms with Crippen molar-refractivity contribution in [3.05, 3.63) is 24.3 Å². The maximum absolute atomic E-state index is 12.7. The van der Waals surface area contributed by atoms with Gasteiger partial charge in [-0.15, -0.1) is 0 Å². The van der Waals surface area contributed by atoms with Crippen LogP contribution >= 0.6 is 0 Å². The normalized spacial score (nSPS) is 15.5. The predicted octanol–water partition coefficient (Wildman–Crippen LogP) is 3.20. The number of hydrogen-bond acceptors (Lipinski definition) is 3. The van der Waals surface area contributed by atoms with Crippen molar-refractivity contribution in [2.45, 2.75) is 46.1 Å². The van der Waals surface area contributed by atoms with E-state index in [4.69, 9.17) is 4.74 Å². The van der Waals surface area contributed by atoms with Gasteiger partial charge in [-0.3, -0.25) is 9.59 Å². The van der Waals surface area contributed by atoms with Crippen LogP contribution in [0.4, 0.5) is 11.4 Å². The van der Waals surface area contributed by atoms with E-state index in [1.54, 1.807) is 0 Å². The largest absolute Gasteiger partial charge is 0.381 e. The van der Waals surface area contributed by atoms with Crippen molar-refractivity contribution in [1.82, 2.24) is 0 Å². The minimum atomic E-state index is -0.102. The van der Waals surface area contributed by atoms with Crippen LogP contribution in [0.5, 0.6) is 0 Å². The van der Waals surface area contributed by atoms with Crippen LogP contribution in [-0.4, -0.2) is 31.1 Å². The Kier molecular flexibility index (Phi) is 6.16. The third-order valence-corrected chi connectivity index (χ3v) is 3.87. The Balaban J connectivity index is 2.21. The highest BCUT2D eigenvalue weighted by Crippen LogP contribution is 2.26. The van der Waals surface area contributed by atoms with E-state index in [9.17, 15) is 9.59 Å². The number of hydrogen-bond donors (Lipinski definition) is 1. The molecule has 1 aromatic carbocycles. The van der Waals surface area contributed by atoms with E-state index >= 15 is 0 Å². The smallest absolute Gasteiger partial charge is 0.227 e. The third kappa shape index (κ3) is 5.06.